The molecule has 1 saturated heterocycles. The average molecular weight is 502 g/mol. The number of rotatable bonds is 8. The summed E-state index contributed by atoms with van der Waals surface area (Å²) in [4.78, 5) is 27.8. The van der Waals surface area contributed by atoms with E-state index >= 15 is 0 Å². The molecule has 0 spiro atoms. The third kappa shape index (κ3) is 5.31. The first-order valence-electron chi connectivity index (χ1n) is 11.3. The van der Waals surface area contributed by atoms with Crippen molar-refractivity contribution in [2.45, 2.75) is 38.6 Å². The largest absolute Gasteiger partial charge is 0.507 e. The molecule has 1 aliphatic rings. The van der Waals surface area contributed by atoms with Crippen LogP contribution in [0.25, 0.3) is 5.76 Å². The molecule has 1 heterocycles. The Morgan fingerprint density at radius 1 is 1.03 bits per heavy atom. The van der Waals surface area contributed by atoms with Crippen LogP contribution in [0.3, 0.4) is 0 Å². The van der Waals surface area contributed by atoms with Gasteiger partial charge in [-0.3, -0.25) is 9.59 Å². The monoisotopic (exact) mass is 501 g/mol. The van der Waals surface area contributed by atoms with Crippen molar-refractivity contribution in [3.8, 4) is 11.5 Å². The van der Waals surface area contributed by atoms with Crippen LogP contribution in [0.2, 0.25) is 5.02 Å². The summed E-state index contributed by atoms with van der Waals surface area (Å²) in [5.74, 6) is -1.24. The van der Waals surface area contributed by atoms with Crippen molar-refractivity contribution in [3.63, 3.8) is 0 Å². The van der Waals surface area contributed by atoms with E-state index in [1.165, 1.54) is 31.3 Å². The molecule has 0 aliphatic carbocycles. The Bertz CT molecular complexity index is 1130. The third-order valence-electron chi connectivity index (χ3n) is 6.11. The highest BCUT2D eigenvalue weighted by Gasteiger charge is 2.46. The van der Waals surface area contributed by atoms with E-state index < -0.39 is 17.7 Å². The Kier molecular flexibility index (Phi) is 8.13. The zero-order valence-electron chi connectivity index (χ0n) is 21.0. The van der Waals surface area contributed by atoms with Gasteiger partial charge in [0.2, 0.25) is 0 Å². The second-order valence-electron chi connectivity index (χ2n) is 9.40. The minimum absolute atomic E-state index is 0.0152. The van der Waals surface area contributed by atoms with Gasteiger partial charge >= 0.3 is 0 Å². The lowest BCUT2D eigenvalue weighted by atomic mass is 9.85. The van der Waals surface area contributed by atoms with Gasteiger partial charge in [0.1, 0.15) is 17.3 Å². The Labute approximate surface area is 211 Å². The number of methoxy groups -OCH3 is 3. The summed E-state index contributed by atoms with van der Waals surface area (Å²) in [6, 6.07) is 9.98. The van der Waals surface area contributed by atoms with Gasteiger partial charge in [0, 0.05) is 26.3 Å². The minimum Gasteiger partial charge on any atom is -0.507 e. The summed E-state index contributed by atoms with van der Waals surface area (Å²) < 4.78 is 15.8. The van der Waals surface area contributed by atoms with Crippen LogP contribution in [0.5, 0.6) is 11.5 Å². The van der Waals surface area contributed by atoms with Crippen LogP contribution in [0, 0.1) is 0 Å². The number of hydrogen-bond donors (Lipinski definition) is 1. The van der Waals surface area contributed by atoms with E-state index in [4.69, 9.17) is 25.8 Å². The molecule has 8 heteroatoms. The van der Waals surface area contributed by atoms with Crippen molar-refractivity contribution in [2.75, 3.05) is 34.5 Å². The minimum atomic E-state index is -0.771. The van der Waals surface area contributed by atoms with Gasteiger partial charge in [0.15, 0.2) is 0 Å². The number of carbonyl (C=O) groups is 2. The molecule has 1 unspecified atom stereocenters. The number of amides is 1. The number of benzene rings is 2. The molecule has 0 bridgehead atoms. The lowest BCUT2D eigenvalue weighted by molar-refractivity contribution is -0.140. The predicted molar refractivity (Wildman–Crippen MR) is 135 cm³/mol. The highest BCUT2D eigenvalue weighted by atomic mass is 35.5. The number of ketones is 1. The highest BCUT2D eigenvalue weighted by Crippen LogP contribution is 2.43. The van der Waals surface area contributed by atoms with Crippen molar-refractivity contribution >= 4 is 29.1 Å². The van der Waals surface area contributed by atoms with E-state index in [2.05, 4.69) is 20.8 Å². The Balaban J connectivity index is 2.21. The summed E-state index contributed by atoms with van der Waals surface area (Å²) in [5, 5.41) is 11.7. The normalized spacial score (nSPS) is 17.7. The van der Waals surface area contributed by atoms with Crippen molar-refractivity contribution in [1.82, 2.24) is 4.90 Å². The molecule has 1 amide bonds. The molecule has 1 atom stereocenters. The van der Waals surface area contributed by atoms with Crippen LogP contribution in [0.1, 0.15) is 49.9 Å². The number of likely N-dealkylation sites (tertiary alicyclic amines) is 1. The van der Waals surface area contributed by atoms with Crippen LogP contribution >= 0.6 is 11.6 Å². The van der Waals surface area contributed by atoms with Crippen LogP contribution < -0.4 is 9.47 Å². The second-order valence-corrected chi connectivity index (χ2v) is 9.81. The fraction of sp³-hybridized carbons (Fsp3) is 0.407. The molecule has 1 fully saturated rings. The van der Waals surface area contributed by atoms with Crippen molar-refractivity contribution in [3.05, 3.63) is 63.7 Å². The van der Waals surface area contributed by atoms with E-state index in [-0.39, 0.29) is 33.1 Å². The fourth-order valence-electron chi connectivity index (χ4n) is 4.19. The van der Waals surface area contributed by atoms with Gasteiger partial charge in [-0.15, -0.1) is 0 Å². The standard InChI is InChI=1S/C27H32ClNO6/c1-27(2,3)17-10-8-16(9-11-17)23-22(25(31)26(32)29(23)12-7-13-33-4)24(30)18-14-21(35-6)19(28)15-20(18)34-5/h8-11,14-15,23,30H,7,12-13H2,1-6H3/b24-22+. The zero-order chi connectivity index (χ0) is 25.9. The number of aliphatic hydroxyl groups excluding tert-OH is 1. The van der Waals surface area contributed by atoms with E-state index in [0.717, 1.165) is 11.1 Å². The molecule has 1 N–H and O–H groups in total. The van der Waals surface area contributed by atoms with Crippen molar-refractivity contribution in [1.29, 1.82) is 0 Å². The number of Topliss-reactive ketones (excluding diaryl/α,β-unsaturated/α-hetero) is 1. The van der Waals surface area contributed by atoms with Crippen molar-refractivity contribution in [2.24, 2.45) is 0 Å². The number of ether oxygens (including phenoxy) is 3. The number of hydrogen-bond acceptors (Lipinski definition) is 6. The summed E-state index contributed by atoms with van der Waals surface area (Å²) in [7, 11) is 4.46. The molecule has 7 nitrogen and oxygen atoms in total. The molecule has 0 saturated carbocycles. The molecule has 1 aliphatic heterocycles. The SMILES string of the molecule is COCCCN1C(=O)C(=O)/C(=C(/O)c2cc(OC)c(Cl)cc2OC)C1c1ccc(C(C)(C)C)cc1. The van der Waals surface area contributed by atoms with E-state index in [1.54, 1.807) is 7.11 Å². The average Bonchev–Trinajstić information content (AvgIpc) is 3.08. The van der Waals surface area contributed by atoms with Crippen molar-refractivity contribution < 1.29 is 28.9 Å². The molecular weight excluding hydrogens is 470 g/mol. The molecule has 35 heavy (non-hydrogen) atoms. The van der Waals surface area contributed by atoms with Gasteiger partial charge in [-0.1, -0.05) is 56.6 Å². The number of nitrogens with zero attached hydrogens (tertiary/aromatic N) is 1. The Morgan fingerprint density at radius 2 is 1.66 bits per heavy atom. The van der Waals surface area contributed by atoms with Crippen LogP contribution in [-0.4, -0.2) is 56.2 Å². The molecule has 0 aromatic heterocycles. The number of halogens is 1. The van der Waals surface area contributed by atoms with Crippen LogP contribution in [0.15, 0.2) is 42.0 Å². The van der Waals surface area contributed by atoms with E-state index in [9.17, 15) is 14.7 Å². The first kappa shape index (κ1) is 26.6. The maximum atomic E-state index is 13.3. The predicted octanol–water partition coefficient (Wildman–Crippen LogP) is 5.11. The van der Waals surface area contributed by atoms with Crippen LogP contribution in [0.4, 0.5) is 0 Å². The Hall–Kier alpha value is -3.03. The second kappa shape index (κ2) is 10.7. The van der Waals surface area contributed by atoms with Gasteiger partial charge in [-0.25, -0.2) is 0 Å². The first-order chi connectivity index (χ1) is 16.5. The topological polar surface area (TPSA) is 85.3 Å². The Morgan fingerprint density at radius 3 is 2.20 bits per heavy atom. The maximum Gasteiger partial charge on any atom is 0.295 e. The number of aliphatic hydroxyl groups is 1. The third-order valence-corrected chi connectivity index (χ3v) is 6.40. The lowest BCUT2D eigenvalue weighted by Gasteiger charge is -2.26. The fourth-order valence-corrected chi connectivity index (χ4v) is 4.42. The van der Waals surface area contributed by atoms with Gasteiger partial charge < -0.3 is 24.2 Å². The van der Waals surface area contributed by atoms with E-state index in [1.807, 2.05) is 24.3 Å². The lowest BCUT2D eigenvalue weighted by Crippen LogP contribution is -2.31. The molecular formula is C27H32ClNO6. The quantitative estimate of drug-likeness (QED) is 0.234. The van der Waals surface area contributed by atoms with Crippen LogP contribution in [-0.2, 0) is 19.7 Å². The molecule has 2 aromatic rings. The number of carbonyl (C=O) groups excluding carboxylic acids is 2. The van der Waals surface area contributed by atoms with Gasteiger partial charge in [-0.2, -0.15) is 0 Å². The molecule has 0 radical (unpaired) electrons. The highest BCUT2D eigenvalue weighted by molar-refractivity contribution is 6.46. The summed E-state index contributed by atoms with van der Waals surface area (Å²) >= 11 is 6.22. The smallest absolute Gasteiger partial charge is 0.295 e. The van der Waals surface area contributed by atoms with Gasteiger partial charge in [0.05, 0.1) is 36.4 Å². The van der Waals surface area contributed by atoms with Gasteiger partial charge in [-0.05, 0) is 29.0 Å². The first-order valence-corrected chi connectivity index (χ1v) is 11.7. The van der Waals surface area contributed by atoms with E-state index in [0.29, 0.717) is 25.3 Å². The molecule has 188 valence electrons. The maximum absolute atomic E-state index is 13.3. The summed E-state index contributed by atoms with van der Waals surface area (Å²) in [5.41, 5.74) is 1.96. The molecule has 3 rings (SSSR count). The zero-order valence-corrected chi connectivity index (χ0v) is 21.7. The molecule has 2 aromatic carbocycles. The summed E-state index contributed by atoms with van der Waals surface area (Å²) in [6.07, 6.45) is 0.540. The van der Waals surface area contributed by atoms with Gasteiger partial charge in [0.25, 0.3) is 11.7 Å². The summed E-state index contributed by atoms with van der Waals surface area (Å²) in [6.45, 7) is 7.06.